The van der Waals surface area contributed by atoms with Crippen molar-refractivity contribution in [1.82, 2.24) is 15.0 Å². The number of imidazole rings is 1. The minimum Gasteiger partial charge on any atom is -0.609 e. The Hall–Kier alpha value is -3.11. The van der Waals surface area contributed by atoms with Crippen molar-refractivity contribution in [2.75, 3.05) is 35.4 Å². The molecule has 0 spiro atoms. The first-order valence-electron chi connectivity index (χ1n) is 12.4. The van der Waals surface area contributed by atoms with E-state index < -0.39 is 17.3 Å². The first kappa shape index (κ1) is 29.4. The van der Waals surface area contributed by atoms with Crippen molar-refractivity contribution in [3.63, 3.8) is 0 Å². The number of ether oxygens (including phenoxy) is 2. The van der Waals surface area contributed by atoms with Crippen LogP contribution in [-0.2, 0) is 16.9 Å². The Morgan fingerprint density at radius 3 is 2.34 bits per heavy atom. The number of aromatic amines is 1. The molecule has 4 rings (SSSR count). The maximum Gasteiger partial charge on any atom is 0.322 e. The summed E-state index contributed by atoms with van der Waals surface area (Å²) in [7, 11) is 9.51. The number of nitrogens with one attached hydrogen (secondary N) is 1. The summed E-state index contributed by atoms with van der Waals surface area (Å²) in [6.07, 6.45) is 1.35. The van der Waals surface area contributed by atoms with E-state index in [1.165, 1.54) is 0 Å². The topological polar surface area (TPSA) is 103 Å². The molecule has 0 saturated carbocycles. The number of hydrogen-bond donors (Lipinski definition) is 2. The predicted molar refractivity (Wildman–Crippen MR) is 152 cm³/mol. The summed E-state index contributed by atoms with van der Waals surface area (Å²) in [5.41, 5.74) is 5.15. The van der Waals surface area contributed by atoms with E-state index in [0.29, 0.717) is 10.9 Å². The number of aryl methyl sites for hydroxylation is 1. The number of quaternary nitrogens is 1. The third kappa shape index (κ3) is 7.05. The lowest BCUT2D eigenvalue weighted by atomic mass is 10.0. The van der Waals surface area contributed by atoms with Gasteiger partial charge in [-0.3, -0.25) is 9.97 Å². The van der Waals surface area contributed by atoms with Crippen molar-refractivity contribution < 1.29 is 23.6 Å². The van der Waals surface area contributed by atoms with E-state index in [4.69, 9.17) is 9.47 Å². The quantitative estimate of drug-likeness (QED) is 0.248. The third-order valence-corrected chi connectivity index (χ3v) is 7.88. The zero-order valence-corrected chi connectivity index (χ0v) is 24.3. The number of aromatic nitrogens is 3. The molecule has 3 atom stereocenters. The molecule has 4 aromatic rings. The number of hydrogen-bond acceptors (Lipinski definition) is 6. The van der Waals surface area contributed by atoms with Gasteiger partial charge in [0.15, 0.2) is 5.75 Å². The van der Waals surface area contributed by atoms with Gasteiger partial charge in [-0.1, -0.05) is 30.3 Å². The largest absolute Gasteiger partial charge is 0.609 e. The second-order valence-corrected chi connectivity index (χ2v) is 11.5. The number of aliphatic hydroxyl groups excluding tert-OH is 1. The number of aliphatic hydroxyl groups is 1. The van der Waals surface area contributed by atoms with Crippen LogP contribution in [0.15, 0.2) is 59.9 Å². The number of H-pyrrole nitrogens is 1. The summed E-state index contributed by atoms with van der Waals surface area (Å²) >= 11 is -1.33. The van der Waals surface area contributed by atoms with Gasteiger partial charge in [-0.25, -0.2) is 0 Å². The van der Waals surface area contributed by atoms with E-state index in [1.807, 2.05) is 62.4 Å². The van der Waals surface area contributed by atoms with Crippen LogP contribution in [0.3, 0.4) is 0 Å². The fourth-order valence-electron chi connectivity index (χ4n) is 3.96. The molecule has 8 nitrogen and oxygen atoms in total. The Kier molecular flexibility index (Phi) is 9.78. The summed E-state index contributed by atoms with van der Waals surface area (Å²) in [4.78, 5) is 11.9. The standard InChI is InChI=1S/C17H19N3O3S.C12H20NO/c1-10-8-18-15(11(2)16(10)23-4)9-24(21)17-19-13-6-5-12(22-3)7-14(13)20-17;1-10(13(2,3)4)12(14)11-8-6-5-7-9-11/h5-8H,9H2,1-4H3,(H,19,20);5-10,12,14H,1-4H3/q;+1/t24-;10?,12-/m11/s1. The lowest BCUT2D eigenvalue weighted by Gasteiger charge is -2.34. The van der Waals surface area contributed by atoms with Crippen molar-refractivity contribution in [3.8, 4) is 11.5 Å². The normalized spacial score (nSPS) is 13.8. The predicted octanol–water partition coefficient (Wildman–Crippen LogP) is 4.71. The van der Waals surface area contributed by atoms with Gasteiger partial charge in [-0.15, -0.1) is 0 Å². The number of pyridine rings is 1. The van der Waals surface area contributed by atoms with Gasteiger partial charge in [0.1, 0.15) is 23.6 Å². The highest BCUT2D eigenvalue weighted by Gasteiger charge is 2.27. The Labute approximate surface area is 228 Å². The monoisotopic (exact) mass is 539 g/mol. The second-order valence-electron chi connectivity index (χ2n) is 10.2. The van der Waals surface area contributed by atoms with Gasteiger partial charge < -0.3 is 23.6 Å². The van der Waals surface area contributed by atoms with E-state index in [2.05, 4.69) is 43.0 Å². The summed E-state index contributed by atoms with van der Waals surface area (Å²) in [5.74, 6) is 1.78. The van der Waals surface area contributed by atoms with E-state index >= 15 is 0 Å². The van der Waals surface area contributed by atoms with Gasteiger partial charge in [0, 0.05) is 34.6 Å². The van der Waals surface area contributed by atoms with E-state index in [9.17, 15) is 9.66 Å². The molecular formula is C29H39N4O4S+. The van der Waals surface area contributed by atoms with E-state index in [-0.39, 0.29) is 11.8 Å². The Bertz CT molecular complexity index is 1340. The summed E-state index contributed by atoms with van der Waals surface area (Å²) in [6.45, 7) is 5.93. The van der Waals surface area contributed by atoms with E-state index in [0.717, 1.165) is 43.7 Å². The van der Waals surface area contributed by atoms with Crippen molar-refractivity contribution in [2.24, 2.45) is 0 Å². The highest BCUT2D eigenvalue weighted by molar-refractivity contribution is 7.90. The zero-order valence-electron chi connectivity index (χ0n) is 23.5. The van der Waals surface area contributed by atoms with Crippen LogP contribution in [0.5, 0.6) is 11.5 Å². The Morgan fingerprint density at radius 2 is 1.74 bits per heavy atom. The Balaban J connectivity index is 0.000000244. The number of methoxy groups -OCH3 is 2. The molecule has 0 fully saturated rings. The minimum absolute atomic E-state index is 0.192. The van der Waals surface area contributed by atoms with Crippen molar-refractivity contribution in [2.45, 2.75) is 43.8 Å². The van der Waals surface area contributed by atoms with Crippen LogP contribution in [0, 0.1) is 13.8 Å². The van der Waals surface area contributed by atoms with Crippen LogP contribution in [0.2, 0.25) is 0 Å². The van der Waals surface area contributed by atoms with Crippen LogP contribution in [0.1, 0.15) is 35.4 Å². The Morgan fingerprint density at radius 1 is 1.05 bits per heavy atom. The molecule has 2 heterocycles. The average Bonchev–Trinajstić information content (AvgIpc) is 3.33. The zero-order chi connectivity index (χ0) is 28.0. The number of benzene rings is 2. The molecule has 0 bridgehead atoms. The molecule has 2 aromatic carbocycles. The second kappa shape index (κ2) is 12.6. The molecule has 0 saturated heterocycles. The van der Waals surface area contributed by atoms with Crippen molar-refractivity contribution >= 4 is 22.2 Å². The molecule has 0 aliphatic heterocycles. The fourth-order valence-corrected chi connectivity index (χ4v) is 5.06. The maximum absolute atomic E-state index is 12.7. The van der Waals surface area contributed by atoms with E-state index in [1.54, 1.807) is 20.4 Å². The SMILES string of the molecule is CC([C@@H](O)c1ccccc1)[N+](C)(C)C.COc1ccc2[nH]c([S@+]([O-])Cc3ncc(C)c(OC)c3C)nc2c1. The maximum atomic E-state index is 12.7. The highest BCUT2D eigenvalue weighted by Crippen LogP contribution is 2.27. The number of rotatable bonds is 8. The van der Waals surface area contributed by atoms with Crippen LogP contribution in [0.25, 0.3) is 11.0 Å². The molecule has 9 heteroatoms. The van der Waals surface area contributed by atoms with Gasteiger partial charge in [-0.05, 0) is 38.5 Å². The van der Waals surface area contributed by atoms with Gasteiger partial charge in [-0.2, -0.15) is 4.98 Å². The molecule has 0 aliphatic carbocycles. The number of likely N-dealkylation sites (N-methyl/N-ethyl adjacent to an activating group) is 1. The van der Waals surface area contributed by atoms with Crippen molar-refractivity contribution in [3.05, 3.63) is 77.1 Å². The fraction of sp³-hybridized carbons (Fsp3) is 0.379. The molecule has 2 aromatic heterocycles. The molecular weight excluding hydrogens is 500 g/mol. The lowest BCUT2D eigenvalue weighted by molar-refractivity contribution is -0.898. The smallest absolute Gasteiger partial charge is 0.322 e. The lowest BCUT2D eigenvalue weighted by Crippen LogP contribution is -2.46. The van der Waals surface area contributed by atoms with Gasteiger partial charge >= 0.3 is 5.16 Å². The summed E-state index contributed by atoms with van der Waals surface area (Å²) in [5, 5.41) is 10.5. The summed E-state index contributed by atoms with van der Waals surface area (Å²) in [6, 6.07) is 15.5. The molecule has 204 valence electrons. The molecule has 38 heavy (non-hydrogen) atoms. The van der Waals surface area contributed by atoms with Crippen LogP contribution in [0.4, 0.5) is 0 Å². The molecule has 0 amide bonds. The molecule has 2 N–H and O–H groups in total. The first-order valence-corrected chi connectivity index (χ1v) is 13.7. The minimum atomic E-state index is -1.33. The van der Waals surface area contributed by atoms with Gasteiger partial charge in [0.05, 0.1) is 52.1 Å². The van der Waals surface area contributed by atoms with Crippen LogP contribution < -0.4 is 9.47 Å². The number of fused-ring (bicyclic) bond motifs is 1. The average molecular weight is 540 g/mol. The first-order chi connectivity index (χ1) is 18.0. The van der Waals surface area contributed by atoms with Gasteiger partial charge in [0.25, 0.3) is 0 Å². The van der Waals surface area contributed by atoms with Gasteiger partial charge in [0.2, 0.25) is 0 Å². The highest BCUT2D eigenvalue weighted by atomic mass is 32.2. The van der Waals surface area contributed by atoms with Crippen LogP contribution >= 0.6 is 0 Å². The summed E-state index contributed by atoms with van der Waals surface area (Å²) < 4.78 is 24.0. The van der Waals surface area contributed by atoms with Crippen molar-refractivity contribution in [1.29, 1.82) is 0 Å². The third-order valence-electron chi connectivity index (χ3n) is 6.72. The molecule has 0 aliphatic rings. The molecule has 0 radical (unpaired) electrons. The van der Waals surface area contributed by atoms with Crippen LogP contribution in [-0.4, -0.2) is 70.5 Å². The molecule has 1 unspecified atom stereocenters. The number of nitrogens with zero attached hydrogens (tertiary/aromatic N) is 3.